The molecule has 0 radical (unpaired) electrons. The summed E-state index contributed by atoms with van der Waals surface area (Å²) >= 11 is 0. The van der Waals surface area contributed by atoms with Crippen molar-refractivity contribution in [1.82, 2.24) is 24.2 Å². The van der Waals surface area contributed by atoms with Crippen molar-refractivity contribution in [2.75, 3.05) is 0 Å². The molecule has 2 heterocycles. The molecule has 0 bridgehead atoms. The Morgan fingerprint density at radius 3 is 2.46 bits per heavy atom. The highest BCUT2D eigenvalue weighted by Crippen LogP contribution is 2.32. The molecule has 12 heteroatoms. The zero-order valence-corrected chi connectivity index (χ0v) is 19.5. The van der Waals surface area contributed by atoms with Crippen molar-refractivity contribution < 1.29 is 22.8 Å². The van der Waals surface area contributed by atoms with Gasteiger partial charge in [0.15, 0.2) is 0 Å². The van der Waals surface area contributed by atoms with Crippen LogP contribution in [0.5, 0.6) is 0 Å². The maximum absolute atomic E-state index is 13.5. The number of hydrogen-bond acceptors (Lipinski definition) is 5. The predicted octanol–water partition coefficient (Wildman–Crippen LogP) is 3.84. The largest absolute Gasteiger partial charge is 0.416 e. The summed E-state index contributed by atoms with van der Waals surface area (Å²) in [5.74, 6) is 0. The van der Waals surface area contributed by atoms with Gasteiger partial charge in [0, 0.05) is 0 Å². The number of benzene rings is 2. The normalized spacial score (nSPS) is 12.1. The van der Waals surface area contributed by atoms with Gasteiger partial charge in [0.25, 0.3) is 0 Å². The van der Waals surface area contributed by atoms with E-state index in [2.05, 4.69) is 10.4 Å². The van der Waals surface area contributed by atoms with Gasteiger partial charge in [-0.25, -0.2) is 18.8 Å². The molecule has 4 aromatic rings. The second kappa shape index (κ2) is 9.62. The molecule has 0 spiro atoms. The van der Waals surface area contributed by atoms with Gasteiger partial charge >= 0.3 is 17.9 Å². The van der Waals surface area contributed by atoms with Crippen LogP contribution in [0.3, 0.4) is 0 Å². The molecule has 188 valence electrons. The summed E-state index contributed by atoms with van der Waals surface area (Å²) in [6.07, 6.45) is -2.75. The van der Waals surface area contributed by atoms with Crippen molar-refractivity contribution in [3.63, 3.8) is 0 Å². The summed E-state index contributed by atoms with van der Waals surface area (Å²) in [7, 11) is 0. The van der Waals surface area contributed by atoms with Crippen LogP contribution in [0.1, 0.15) is 23.7 Å². The van der Waals surface area contributed by atoms with E-state index in [1.165, 1.54) is 36.9 Å². The van der Waals surface area contributed by atoms with Crippen LogP contribution in [-0.4, -0.2) is 37.3 Å². The third-order valence-corrected chi connectivity index (χ3v) is 5.60. The van der Waals surface area contributed by atoms with E-state index in [1.54, 1.807) is 24.3 Å². The first kappa shape index (κ1) is 25.2. The number of carbonyl (C=O) groups excluding carboxylic acids is 2. The third-order valence-electron chi connectivity index (χ3n) is 5.60. The molecule has 1 atom stereocenters. The Hall–Kier alpha value is -4.92. The van der Waals surface area contributed by atoms with E-state index in [0.29, 0.717) is 17.5 Å². The minimum Gasteiger partial charge on any atom is -0.328 e. The van der Waals surface area contributed by atoms with Crippen LogP contribution >= 0.6 is 0 Å². The number of nitrogens with one attached hydrogen (secondary N) is 1. The highest BCUT2D eigenvalue weighted by atomic mass is 19.4. The summed E-state index contributed by atoms with van der Waals surface area (Å²) < 4.78 is 43.3. The van der Waals surface area contributed by atoms with Crippen molar-refractivity contribution in [3.8, 4) is 28.8 Å². The van der Waals surface area contributed by atoms with Gasteiger partial charge in [0.05, 0.1) is 52.2 Å². The molecule has 0 aliphatic carbocycles. The van der Waals surface area contributed by atoms with E-state index in [0.717, 1.165) is 27.3 Å². The molecule has 0 unspecified atom stereocenters. The van der Waals surface area contributed by atoms with Crippen LogP contribution in [0.2, 0.25) is 0 Å². The fraction of sp³-hybridized carbons (Fsp3) is 0.160. The van der Waals surface area contributed by atoms with E-state index in [9.17, 15) is 27.6 Å². The lowest BCUT2D eigenvalue weighted by atomic mass is 10.2. The number of rotatable bonds is 5. The summed E-state index contributed by atoms with van der Waals surface area (Å²) in [6.45, 7) is 2.90. The van der Waals surface area contributed by atoms with Crippen molar-refractivity contribution in [3.05, 3.63) is 88.1 Å². The molecule has 1 N–H and O–H groups in total. The monoisotopic (exact) mass is 508 g/mol. The van der Waals surface area contributed by atoms with Crippen LogP contribution < -0.4 is 11.0 Å². The second-order valence-electron chi connectivity index (χ2n) is 8.10. The maximum Gasteiger partial charge on any atom is 0.416 e. The second-order valence-corrected chi connectivity index (χ2v) is 8.10. The molecule has 4 rings (SSSR count). The Morgan fingerprint density at radius 2 is 1.84 bits per heavy atom. The highest BCUT2D eigenvalue weighted by Gasteiger charge is 2.32. The number of imidazole rings is 1. The lowest BCUT2D eigenvalue weighted by molar-refractivity contribution is -0.137. The minimum atomic E-state index is -4.65. The van der Waals surface area contributed by atoms with Crippen LogP contribution in [-0.2, 0) is 11.0 Å². The van der Waals surface area contributed by atoms with E-state index in [-0.39, 0.29) is 22.8 Å². The SMILES string of the molecule is Cc1c(-c2ccnn2-c2ccc(C#N)cc2)n(C(=O)N[C@@H](C)C=O)c(=O)n1-c1cccc(C(F)(F)F)c1. The van der Waals surface area contributed by atoms with Crippen LogP contribution in [0.25, 0.3) is 22.8 Å². The van der Waals surface area contributed by atoms with Crippen LogP contribution in [0, 0.1) is 18.3 Å². The Kier molecular flexibility index (Phi) is 6.54. The van der Waals surface area contributed by atoms with Gasteiger partial charge in [-0.3, -0.25) is 4.57 Å². The fourth-order valence-corrected chi connectivity index (χ4v) is 3.88. The Labute approximate surface area is 208 Å². The number of nitriles is 1. The quantitative estimate of drug-likeness (QED) is 0.412. The Morgan fingerprint density at radius 1 is 1.14 bits per heavy atom. The average molecular weight is 508 g/mol. The number of aldehydes is 1. The fourth-order valence-electron chi connectivity index (χ4n) is 3.88. The number of hydrogen-bond donors (Lipinski definition) is 1. The zero-order valence-electron chi connectivity index (χ0n) is 19.5. The van der Waals surface area contributed by atoms with E-state index in [4.69, 9.17) is 5.26 Å². The molecule has 0 aliphatic heterocycles. The first-order chi connectivity index (χ1) is 17.6. The first-order valence-electron chi connectivity index (χ1n) is 10.9. The average Bonchev–Trinajstić information content (AvgIpc) is 3.45. The summed E-state index contributed by atoms with van der Waals surface area (Å²) in [5.41, 5.74) is -0.595. The van der Waals surface area contributed by atoms with Crippen LogP contribution in [0.4, 0.5) is 18.0 Å². The molecule has 1 amide bonds. The van der Waals surface area contributed by atoms with Crippen molar-refractivity contribution >= 4 is 12.3 Å². The highest BCUT2D eigenvalue weighted by molar-refractivity contribution is 5.85. The topological polar surface area (TPSA) is 115 Å². The van der Waals surface area contributed by atoms with Gasteiger partial charge in [0.2, 0.25) is 0 Å². The molecule has 9 nitrogen and oxygen atoms in total. The van der Waals surface area contributed by atoms with Gasteiger partial charge in [0.1, 0.15) is 12.0 Å². The molecule has 0 saturated heterocycles. The standard InChI is InChI=1S/C25H19F3N6O3/c1-15(14-35)31-23(36)33-22(21-10-11-30-34(21)19-8-6-17(13-29)7-9-19)16(2)32(24(33)37)20-5-3-4-18(12-20)25(26,27)28/h3-12,14-15H,1-2H3,(H,31,36)/t15-/m0/s1. The first-order valence-corrected chi connectivity index (χ1v) is 10.9. The van der Waals surface area contributed by atoms with Gasteiger partial charge < -0.3 is 10.1 Å². The summed E-state index contributed by atoms with van der Waals surface area (Å²) in [4.78, 5) is 37.8. The molecule has 37 heavy (non-hydrogen) atoms. The number of aromatic nitrogens is 4. The number of halogens is 3. The summed E-state index contributed by atoms with van der Waals surface area (Å²) in [6, 6.07) is 12.2. The minimum absolute atomic E-state index is 0.0554. The van der Waals surface area contributed by atoms with Gasteiger partial charge in [-0.2, -0.15) is 23.5 Å². The number of alkyl halides is 3. The smallest absolute Gasteiger partial charge is 0.328 e. The van der Waals surface area contributed by atoms with Crippen LogP contribution in [0.15, 0.2) is 65.6 Å². The van der Waals surface area contributed by atoms with Crippen molar-refractivity contribution in [2.45, 2.75) is 26.1 Å². The zero-order chi connectivity index (χ0) is 26.9. The number of nitrogens with zero attached hydrogens (tertiary/aromatic N) is 5. The van der Waals surface area contributed by atoms with E-state index in [1.807, 2.05) is 6.07 Å². The molecule has 0 aliphatic rings. The molecule has 2 aromatic heterocycles. The van der Waals surface area contributed by atoms with E-state index < -0.39 is 29.5 Å². The van der Waals surface area contributed by atoms with Crippen molar-refractivity contribution in [1.29, 1.82) is 5.26 Å². The molecule has 2 aromatic carbocycles. The third kappa shape index (κ3) is 4.66. The lowest BCUT2D eigenvalue weighted by Gasteiger charge is -2.12. The Bertz CT molecular complexity index is 1590. The van der Waals surface area contributed by atoms with Gasteiger partial charge in [-0.15, -0.1) is 0 Å². The van der Waals surface area contributed by atoms with Crippen molar-refractivity contribution in [2.24, 2.45) is 0 Å². The summed E-state index contributed by atoms with van der Waals surface area (Å²) in [5, 5.41) is 15.7. The number of amides is 1. The molecular weight excluding hydrogens is 489 g/mol. The number of carbonyl (C=O) groups is 2. The maximum atomic E-state index is 13.5. The Balaban J connectivity index is 1.98. The van der Waals surface area contributed by atoms with Gasteiger partial charge in [-0.1, -0.05) is 6.07 Å². The van der Waals surface area contributed by atoms with Gasteiger partial charge in [-0.05, 0) is 62.4 Å². The molecule has 0 saturated carbocycles. The molecular formula is C25H19F3N6O3. The van der Waals surface area contributed by atoms with E-state index >= 15 is 0 Å². The predicted molar refractivity (Wildman–Crippen MR) is 126 cm³/mol. The lowest BCUT2D eigenvalue weighted by Crippen LogP contribution is -2.42. The molecule has 0 fully saturated rings.